The molecule has 0 fully saturated rings. The van der Waals surface area contributed by atoms with E-state index in [-0.39, 0.29) is 16.7 Å². The van der Waals surface area contributed by atoms with Crippen molar-refractivity contribution < 1.29 is 13.2 Å². The Hall–Kier alpha value is -2.49. The number of benzene rings is 1. The highest BCUT2D eigenvalue weighted by Gasteiger charge is 2.23. The van der Waals surface area contributed by atoms with E-state index in [9.17, 15) is 13.2 Å². The lowest BCUT2D eigenvalue weighted by Crippen LogP contribution is -2.38. The van der Waals surface area contributed by atoms with Gasteiger partial charge in [0.15, 0.2) is 0 Å². The van der Waals surface area contributed by atoms with Crippen LogP contribution in [0.3, 0.4) is 0 Å². The second-order valence-electron chi connectivity index (χ2n) is 6.67. The Kier molecular flexibility index (Phi) is 6.83. The predicted molar refractivity (Wildman–Crippen MR) is 114 cm³/mol. The average molecular weight is 433 g/mol. The van der Waals surface area contributed by atoms with E-state index in [1.807, 2.05) is 48.1 Å². The summed E-state index contributed by atoms with van der Waals surface area (Å²) in [6, 6.07) is 13.1. The number of carbonyl (C=O) groups is 1. The van der Waals surface area contributed by atoms with Crippen molar-refractivity contribution in [3.63, 3.8) is 0 Å². The third-order valence-corrected chi connectivity index (χ3v) is 7.67. The van der Waals surface area contributed by atoms with Gasteiger partial charge in [-0.15, -0.1) is 11.3 Å². The predicted octanol–water partition coefficient (Wildman–Crippen LogP) is 2.61. The van der Waals surface area contributed by atoms with Gasteiger partial charge >= 0.3 is 0 Å². The minimum Gasteiger partial charge on any atom is -0.355 e. The van der Waals surface area contributed by atoms with E-state index in [0.717, 1.165) is 45.4 Å². The first-order valence-corrected chi connectivity index (χ1v) is 11.6. The van der Waals surface area contributed by atoms with Crippen molar-refractivity contribution in [3.8, 4) is 5.69 Å². The normalized spacial score (nSPS) is 11.7. The Morgan fingerprint density at radius 2 is 1.97 bits per heavy atom. The van der Waals surface area contributed by atoms with Gasteiger partial charge in [0.1, 0.15) is 4.21 Å². The molecule has 0 aliphatic carbocycles. The fraction of sp³-hybridized carbons (Fsp3) is 0.300. The van der Waals surface area contributed by atoms with E-state index in [4.69, 9.17) is 0 Å². The van der Waals surface area contributed by atoms with Crippen LogP contribution in [-0.2, 0) is 21.2 Å². The number of carbonyl (C=O) groups excluding carboxylic acids is 1. The summed E-state index contributed by atoms with van der Waals surface area (Å²) in [6.45, 7) is 2.24. The molecule has 29 heavy (non-hydrogen) atoms. The van der Waals surface area contributed by atoms with Crippen molar-refractivity contribution in [3.05, 3.63) is 65.3 Å². The minimum atomic E-state index is -3.61. The molecule has 0 saturated carbocycles. The Labute approximate surface area is 175 Å². The standard InChI is InChI=1S/C20H24N4O3S2/c1-16-17(14-24(22-16)18-9-4-3-5-10-18)8-6-12-21-19(25)15-23(2)29(26,27)20-11-7-13-28-20/h3-5,7,9-11,13-14H,6,8,12,15H2,1-2H3,(H,21,25). The van der Waals surface area contributed by atoms with Crippen LogP contribution in [0.4, 0.5) is 0 Å². The summed E-state index contributed by atoms with van der Waals surface area (Å²) in [5.41, 5.74) is 3.09. The second kappa shape index (κ2) is 9.34. The topological polar surface area (TPSA) is 84.3 Å². The Morgan fingerprint density at radius 1 is 1.21 bits per heavy atom. The van der Waals surface area contributed by atoms with Gasteiger partial charge in [-0.25, -0.2) is 13.1 Å². The summed E-state index contributed by atoms with van der Waals surface area (Å²) in [5.74, 6) is -0.315. The summed E-state index contributed by atoms with van der Waals surface area (Å²) in [5, 5.41) is 9.03. The van der Waals surface area contributed by atoms with E-state index in [1.54, 1.807) is 11.4 Å². The number of hydrogen-bond acceptors (Lipinski definition) is 5. The van der Waals surface area contributed by atoms with Gasteiger partial charge in [0.05, 0.1) is 17.9 Å². The van der Waals surface area contributed by atoms with E-state index in [2.05, 4.69) is 10.4 Å². The Morgan fingerprint density at radius 3 is 2.66 bits per heavy atom. The van der Waals surface area contributed by atoms with Gasteiger partial charge in [0.2, 0.25) is 5.91 Å². The van der Waals surface area contributed by atoms with Crippen LogP contribution in [0.5, 0.6) is 0 Å². The average Bonchev–Trinajstić information content (AvgIpc) is 3.36. The molecule has 3 aromatic rings. The maximum Gasteiger partial charge on any atom is 0.252 e. The fourth-order valence-corrected chi connectivity index (χ4v) is 5.20. The van der Waals surface area contributed by atoms with Crippen molar-refractivity contribution in [2.75, 3.05) is 20.1 Å². The number of nitrogens with zero attached hydrogens (tertiary/aromatic N) is 3. The minimum absolute atomic E-state index is 0.203. The summed E-state index contributed by atoms with van der Waals surface area (Å²) < 4.78 is 27.9. The molecule has 9 heteroatoms. The lowest BCUT2D eigenvalue weighted by Gasteiger charge is -2.15. The van der Waals surface area contributed by atoms with Crippen molar-refractivity contribution in [1.82, 2.24) is 19.4 Å². The van der Waals surface area contributed by atoms with Crippen LogP contribution in [0, 0.1) is 6.92 Å². The number of aryl methyl sites for hydroxylation is 2. The molecule has 7 nitrogen and oxygen atoms in total. The molecular weight excluding hydrogens is 408 g/mol. The van der Waals surface area contributed by atoms with E-state index in [0.29, 0.717) is 6.54 Å². The molecular formula is C20H24N4O3S2. The highest BCUT2D eigenvalue weighted by atomic mass is 32.2. The molecule has 0 aliphatic rings. The Bertz CT molecular complexity index is 1040. The third-order valence-electron chi connectivity index (χ3n) is 4.49. The largest absolute Gasteiger partial charge is 0.355 e. The van der Waals surface area contributed by atoms with Gasteiger partial charge in [-0.1, -0.05) is 24.3 Å². The third kappa shape index (κ3) is 5.31. The van der Waals surface area contributed by atoms with Crippen LogP contribution in [0.1, 0.15) is 17.7 Å². The highest BCUT2D eigenvalue weighted by molar-refractivity contribution is 7.91. The smallest absolute Gasteiger partial charge is 0.252 e. The summed E-state index contributed by atoms with van der Waals surface area (Å²) >= 11 is 1.14. The Balaban J connectivity index is 1.46. The molecule has 0 atom stereocenters. The lowest BCUT2D eigenvalue weighted by molar-refractivity contribution is -0.121. The highest BCUT2D eigenvalue weighted by Crippen LogP contribution is 2.19. The number of rotatable bonds is 9. The van der Waals surface area contributed by atoms with E-state index in [1.165, 1.54) is 13.1 Å². The number of para-hydroxylation sites is 1. The van der Waals surface area contributed by atoms with Crippen LogP contribution in [0.15, 0.2) is 58.3 Å². The van der Waals surface area contributed by atoms with Crippen molar-refractivity contribution in [1.29, 1.82) is 0 Å². The van der Waals surface area contributed by atoms with Crippen LogP contribution >= 0.6 is 11.3 Å². The van der Waals surface area contributed by atoms with Crippen LogP contribution in [0.25, 0.3) is 5.69 Å². The van der Waals surface area contributed by atoms with Crippen LogP contribution in [-0.4, -0.2) is 48.5 Å². The zero-order chi connectivity index (χ0) is 20.9. The molecule has 2 heterocycles. The van der Waals surface area contributed by atoms with Crippen molar-refractivity contribution >= 4 is 27.3 Å². The number of thiophene rings is 1. The summed E-state index contributed by atoms with van der Waals surface area (Å²) in [4.78, 5) is 12.1. The molecule has 0 bridgehead atoms. The quantitative estimate of drug-likeness (QED) is 0.527. The first-order chi connectivity index (χ1) is 13.9. The number of aromatic nitrogens is 2. The van der Waals surface area contributed by atoms with E-state index >= 15 is 0 Å². The van der Waals surface area contributed by atoms with Gasteiger partial charge in [-0.05, 0) is 48.9 Å². The maximum absolute atomic E-state index is 12.3. The number of nitrogens with one attached hydrogen (secondary N) is 1. The van der Waals surface area contributed by atoms with Crippen molar-refractivity contribution in [2.45, 2.75) is 24.0 Å². The van der Waals surface area contributed by atoms with Crippen LogP contribution in [0.2, 0.25) is 0 Å². The lowest BCUT2D eigenvalue weighted by atomic mass is 10.1. The molecule has 1 aromatic carbocycles. The molecule has 2 aromatic heterocycles. The molecule has 0 unspecified atom stereocenters. The van der Waals surface area contributed by atoms with Gasteiger partial charge < -0.3 is 5.32 Å². The number of likely N-dealkylation sites (N-methyl/N-ethyl adjacent to an activating group) is 1. The van der Waals surface area contributed by atoms with Gasteiger partial charge in [-0.3, -0.25) is 4.79 Å². The van der Waals surface area contributed by atoms with Crippen LogP contribution < -0.4 is 5.32 Å². The molecule has 1 amide bonds. The summed E-state index contributed by atoms with van der Waals surface area (Å²) in [6.07, 6.45) is 3.53. The molecule has 154 valence electrons. The molecule has 0 radical (unpaired) electrons. The van der Waals surface area contributed by atoms with Crippen molar-refractivity contribution in [2.24, 2.45) is 0 Å². The first-order valence-electron chi connectivity index (χ1n) is 9.25. The molecule has 1 N–H and O–H groups in total. The molecule has 3 rings (SSSR count). The SMILES string of the molecule is Cc1nn(-c2ccccc2)cc1CCCNC(=O)CN(C)S(=O)(=O)c1cccs1. The number of amides is 1. The van der Waals surface area contributed by atoms with Gasteiger partial charge in [0.25, 0.3) is 10.0 Å². The zero-order valence-corrected chi connectivity index (χ0v) is 18.0. The number of sulfonamides is 1. The fourth-order valence-electron chi connectivity index (χ4n) is 2.87. The molecule has 0 aliphatic heterocycles. The van der Waals surface area contributed by atoms with Gasteiger partial charge in [0, 0.05) is 19.8 Å². The van der Waals surface area contributed by atoms with Gasteiger partial charge in [-0.2, -0.15) is 9.40 Å². The molecule has 0 saturated heterocycles. The second-order valence-corrected chi connectivity index (χ2v) is 9.89. The zero-order valence-electron chi connectivity index (χ0n) is 16.4. The first kappa shape index (κ1) is 21.2. The summed E-state index contributed by atoms with van der Waals surface area (Å²) in [7, 11) is -2.20. The monoisotopic (exact) mass is 432 g/mol. The number of hydrogen-bond donors (Lipinski definition) is 1. The molecule has 0 spiro atoms. The van der Waals surface area contributed by atoms with E-state index < -0.39 is 10.0 Å². The maximum atomic E-state index is 12.3.